The number of ether oxygens (including phenoxy) is 1. The Kier molecular flexibility index (Phi) is 4.71. The molecule has 4 aromatic rings. The zero-order valence-electron chi connectivity index (χ0n) is 15.5. The standard InChI is InChI=1S/C23H21N3O/c1-3-26-15-14-19-16-24-23(22(27-2)21(19)26)25-20(17-10-6-4-7-11-17)18-12-8-5-9-13-18/h4-16H,3H2,1-2H3. The number of rotatable bonds is 5. The summed E-state index contributed by atoms with van der Waals surface area (Å²) in [5.41, 5.74) is 3.97. The number of aromatic nitrogens is 2. The Hall–Kier alpha value is -3.40. The van der Waals surface area contributed by atoms with Gasteiger partial charge in [-0.15, -0.1) is 0 Å². The van der Waals surface area contributed by atoms with Crippen molar-refractivity contribution >= 4 is 22.4 Å². The normalized spacial score (nSPS) is 10.7. The van der Waals surface area contributed by atoms with Gasteiger partial charge in [0.2, 0.25) is 0 Å². The van der Waals surface area contributed by atoms with Gasteiger partial charge in [-0.2, -0.15) is 0 Å². The second-order valence-corrected chi connectivity index (χ2v) is 6.21. The van der Waals surface area contributed by atoms with Crippen molar-refractivity contribution in [2.45, 2.75) is 13.5 Å². The van der Waals surface area contributed by atoms with Gasteiger partial charge in [0.1, 0.15) is 0 Å². The van der Waals surface area contributed by atoms with Gasteiger partial charge in [0.25, 0.3) is 0 Å². The molecule has 0 fully saturated rings. The molecule has 0 saturated heterocycles. The summed E-state index contributed by atoms with van der Waals surface area (Å²) in [6.07, 6.45) is 3.91. The van der Waals surface area contributed by atoms with E-state index >= 15 is 0 Å². The van der Waals surface area contributed by atoms with Gasteiger partial charge in [0, 0.05) is 35.5 Å². The van der Waals surface area contributed by atoms with Gasteiger partial charge in [-0.25, -0.2) is 9.98 Å². The Morgan fingerprint density at radius 2 is 1.59 bits per heavy atom. The fraction of sp³-hybridized carbons (Fsp3) is 0.130. The zero-order chi connectivity index (χ0) is 18.6. The first-order valence-corrected chi connectivity index (χ1v) is 9.03. The van der Waals surface area contributed by atoms with Crippen LogP contribution >= 0.6 is 0 Å². The van der Waals surface area contributed by atoms with Crippen molar-refractivity contribution in [3.8, 4) is 5.75 Å². The minimum absolute atomic E-state index is 0.584. The monoisotopic (exact) mass is 355 g/mol. The number of aryl methyl sites for hydroxylation is 1. The molecule has 4 heteroatoms. The molecular weight excluding hydrogens is 334 g/mol. The van der Waals surface area contributed by atoms with Crippen LogP contribution in [0.3, 0.4) is 0 Å². The van der Waals surface area contributed by atoms with Crippen LogP contribution in [0.2, 0.25) is 0 Å². The fourth-order valence-corrected chi connectivity index (χ4v) is 3.28. The minimum atomic E-state index is 0.584. The maximum Gasteiger partial charge on any atom is 0.197 e. The summed E-state index contributed by atoms with van der Waals surface area (Å²) in [6, 6.07) is 22.4. The number of pyridine rings is 1. The highest BCUT2D eigenvalue weighted by molar-refractivity contribution is 6.14. The molecule has 0 atom stereocenters. The average molecular weight is 355 g/mol. The van der Waals surface area contributed by atoms with Crippen molar-refractivity contribution in [3.63, 3.8) is 0 Å². The summed E-state index contributed by atoms with van der Waals surface area (Å²) in [7, 11) is 1.67. The van der Waals surface area contributed by atoms with Crippen molar-refractivity contribution in [2.75, 3.05) is 7.11 Å². The largest absolute Gasteiger partial charge is 0.491 e. The van der Waals surface area contributed by atoms with E-state index in [1.54, 1.807) is 7.11 Å². The second kappa shape index (κ2) is 7.46. The molecule has 0 spiro atoms. The van der Waals surface area contributed by atoms with Crippen LogP contribution < -0.4 is 4.74 Å². The van der Waals surface area contributed by atoms with Gasteiger partial charge in [-0.05, 0) is 13.0 Å². The Balaban J connectivity index is 1.96. The number of hydrogen-bond donors (Lipinski definition) is 0. The Morgan fingerprint density at radius 1 is 0.963 bits per heavy atom. The second-order valence-electron chi connectivity index (χ2n) is 6.21. The van der Waals surface area contributed by atoms with E-state index in [2.05, 4.69) is 53.0 Å². The first kappa shape index (κ1) is 17.0. The third-order valence-corrected chi connectivity index (χ3v) is 4.60. The summed E-state index contributed by atoms with van der Waals surface area (Å²) in [4.78, 5) is 9.53. The van der Waals surface area contributed by atoms with Crippen molar-refractivity contribution in [3.05, 3.63) is 90.3 Å². The summed E-state index contributed by atoms with van der Waals surface area (Å²) in [6.45, 7) is 2.97. The molecule has 0 amide bonds. The summed E-state index contributed by atoms with van der Waals surface area (Å²) < 4.78 is 7.89. The SMILES string of the molecule is CCn1ccc2cnc(N=C(c3ccccc3)c3ccccc3)c(OC)c21. The summed E-state index contributed by atoms with van der Waals surface area (Å²) >= 11 is 0. The molecule has 4 nitrogen and oxygen atoms in total. The Bertz CT molecular complexity index is 1040. The highest BCUT2D eigenvalue weighted by Crippen LogP contribution is 2.35. The lowest BCUT2D eigenvalue weighted by Gasteiger charge is -2.11. The summed E-state index contributed by atoms with van der Waals surface area (Å²) in [5.74, 6) is 1.28. The van der Waals surface area contributed by atoms with E-state index in [4.69, 9.17) is 9.73 Å². The number of hydrogen-bond acceptors (Lipinski definition) is 3. The quantitative estimate of drug-likeness (QED) is 0.460. The van der Waals surface area contributed by atoms with E-state index in [1.165, 1.54) is 0 Å². The molecular formula is C23H21N3O. The molecule has 0 aliphatic carbocycles. The maximum absolute atomic E-state index is 5.74. The third kappa shape index (κ3) is 3.22. The van der Waals surface area contributed by atoms with E-state index < -0.39 is 0 Å². The Morgan fingerprint density at radius 3 is 2.15 bits per heavy atom. The maximum atomic E-state index is 5.74. The lowest BCUT2D eigenvalue weighted by atomic mass is 10.0. The first-order chi connectivity index (χ1) is 13.3. The molecule has 0 aliphatic rings. The van der Waals surface area contributed by atoms with Crippen LogP contribution in [-0.4, -0.2) is 22.4 Å². The number of fused-ring (bicyclic) bond motifs is 1. The van der Waals surface area contributed by atoms with Gasteiger partial charge in [0.05, 0.1) is 18.3 Å². The van der Waals surface area contributed by atoms with Crippen LogP contribution in [0.5, 0.6) is 5.75 Å². The fourth-order valence-electron chi connectivity index (χ4n) is 3.28. The lowest BCUT2D eigenvalue weighted by Crippen LogP contribution is -2.03. The van der Waals surface area contributed by atoms with E-state index in [1.807, 2.05) is 42.6 Å². The molecule has 0 bridgehead atoms. The van der Waals surface area contributed by atoms with Crippen molar-refractivity contribution in [1.29, 1.82) is 0 Å². The predicted octanol–water partition coefficient (Wildman–Crippen LogP) is 5.23. The van der Waals surface area contributed by atoms with E-state index in [0.29, 0.717) is 11.6 Å². The molecule has 2 aromatic heterocycles. The predicted molar refractivity (Wildman–Crippen MR) is 110 cm³/mol. The lowest BCUT2D eigenvalue weighted by molar-refractivity contribution is 0.417. The van der Waals surface area contributed by atoms with Crippen molar-refractivity contribution < 1.29 is 4.74 Å². The minimum Gasteiger partial charge on any atom is -0.491 e. The smallest absolute Gasteiger partial charge is 0.197 e. The van der Waals surface area contributed by atoms with Crippen LogP contribution in [0.15, 0.2) is 84.1 Å². The van der Waals surface area contributed by atoms with E-state index in [9.17, 15) is 0 Å². The van der Waals surface area contributed by atoms with Gasteiger partial charge in [-0.1, -0.05) is 60.7 Å². The van der Waals surface area contributed by atoms with Crippen LogP contribution in [0.1, 0.15) is 18.1 Å². The van der Waals surface area contributed by atoms with Crippen molar-refractivity contribution in [2.24, 2.45) is 4.99 Å². The number of nitrogens with zero attached hydrogens (tertiary/aromatic N) is 3. The Labute approximate surface area is 158 Å². The molecule has 0 radical (unpaired) electrons. The molecule has 2 heterocycles. The first-order valence-electron chi connectivity index (χ1n) is 9.03. The highest BCUT2D eigenvalue weighted by Gasteiger charge is 2.15. The van der Waals surface area contributed by atoms with Gasteiger partial charge in [0.15, 0.2) is 11.6 Å². The van der Waals surface area contributed by atoms with E-state index in [-0.39, 0.29) is 0 Å². The van der Waals surface area contributed by atoms with Gasteiger partial charge >= 0.3 is 0 Å². The van der Waals surface area contributed by atoms with Gasteiger partial charge < -0.3 is 9.30 Å². The van der Waals surface area contributed by atoms with Crippen LogP contribution in [-0.2, 0) is 6.54 Å². The molecule has 2 aromatic carbocycles. The topological polar surface area (TPSA) is 39.4 Å². The van der Waals surface area contributed by atoms with Crippen LogP contribution in [0.25, 0.3) is 10.9 Å². The molecule has 0 saturated carbocycles. The molecule has 27 heavy (non-hydrogen) atoms. The average Bonchev–Trinajstić information content (AvgIpc) is 3.16. The molecule has 0 unspecified atom stereocenters. The number of benzene rings is 2. The highest BCUT2D eigenvalue weighted by atomic mass is 16.5. The van der Waals surface area contributed by atoms with Gasteiger partial charge in [-0.3, -0.25) is 0 Å². The number of aliphatic imine (C=N–C) groups is 1. The molecule has 134 valence electrons. The summed E-state index contributed by atoms with van der Waals surface area (Å²) in [5, 5.41) is 1.05. The third-order valence-electron chi connectivity index (χ3n) is 4.60. The van der Waals surface area contributed by atoms with Crippen molar-refractivity contribution in [1.82, 2.24) is 9.55 Å². The molecule has 4 rings (SSSR count). The van der Waals surface area contributed by atoms with E-state index in [0.717, 1.165) is 34.3 Å². The zero-order valence-corrected chi connectivity index (χ0v) is 15.5. The number of methoxy groups -OCH3 is 1. The molecule has 0 aliphatic heterocycles. The van der Waals surface area contributed by atoms with Crippen LogP contribution in [0, 0.1) is 0 Å². The van der Waals surface area contributed by atoms with Crippen LogP contribution in [0.4, 0.5) is 5.82 Å². The molecule has 0 N–H and O–H groups in total.